The second-order valence-corrected chi connectivity index (χ2v) is 3.33. The Kier molecular flexibility index (Phi) is 2.62. The first-order chi connectivity index (χ1) is 7.29. The molecule has 2 aromatic rings. The molecule has 5 heteroatoms. The highest BCUT2D eigenvalue weighted by molar-refractivity contribution is 5.57. The monoisotopic (exact) mass is 203 g/mol. The molecule has 15 heavy (non-hydrogen) atoms. The van der Waals surface area contributed by atoms with Crippen LogP contribution in [0.2, 0.25) is 0 Å². The largest absolute Gasteiger partial charge is 0.384 e. The number of nitrogen functional groups attached to an aromatic ring is 1. The Hall–Kier alpha value is -1.91. The normalized spacial score (nSPS) is 10.5. The summed E-state index contributed by atoms with van der Waals surface area (Å²) in [6.07, 6.45) is 3.61. The van der Waals surface area contributed by atoms with Gasteiger partial charge in [0.2, 0.25) is 0 Å². The van der Waals surface area contributed by atoms with Gasteiger partial charge in [0.05, 0.1) is 0 Å². The number of H-pyrrole nitrogens is 1. The van der Waals surface area contributed by atoms with Crippen molar-refractivity contribution in [3.63, 3.8) is 0 Å². The van der Waals surface area contributed by atoms with Crippen LogP contribution in [0.4, 0.5) is 5.82 Å². The number of hydrogen-bond acceptors (Lipinski definition) is 4. The highest BCUT2D eigenvalue weighted by Crippen LogP contribution is 2.15. The number of aryl methyl sites for hydroxylation is 1. The summed E-state index contributed by atoms with van der Waals surface area (Å²) in [5.74, 6) is 2.06. The Morgan fingerprint density at radius 1 is 1.47 bits per heavy atom. The van der Waals surface area contributed by atoms with E-state index in [0.717, 1.165) is 24.2 Å². The molecular weight excluding hydrogens is 190 g/mol. The van der Waals surface area contributed by atoms with E-state index in [0.29, 0.717) is 11.6 Å². The SMILES string of the molecule is CCCc1nc(-c2ccnc(N)c2)n[nH]1. The van der Waals surface area contributed by atoms with Gasteiger partial charge in [0.15, 0.2) is 5.82 Å². The third-order valence-corrected chi connectivity index (χ3v) is 2.06. The van der Waals surface area contributed by atoms with Crippen molar-refractivity contribution in [2.45, 2.75) is 19.8 Å². The number of rotatable bonds is 3. The molecule has 0 fully saturated rings. The van der Waals surface area contributed by atoms with Crippen LogP contribution < -0.4 is 5.73 Å². The minimum Gasteiger partial charge on any atom is -0.384 e. The van der Waals surface area contributed by atoms with E-state index in [2.05, 4.69) is 27.1 Å². The topological polar surface area (TPSA) is 80.5 Å². The van der Waals surface area contributed by atoms with Crippen LogP contribution in [0.5, 0.6) is 0 Å². The molecule has 0 aliphatic rings. The lowest BCUT2D eigenvalue weighted by molar-refractivity contribution is 0.841. The summed E-state index contributed by atoms with van der Waals surface area (Å²) in [7, 11) is 0. The molecule has 0 unspecified atom stereocenters. The lowest BCUT2D eigenvalue weighted by atomic mass is 10.2. The molecule has 2 rings (SSSR count). The van der Waals surface area contributed by atoms with E-state index in [1.807, 2.05) is 6.07 Å². The molecule has 5 nitrogen and oxygen atoms in total. The van der Waals surface area contributed by atoms with E-state index in [4.69, 9.17) is 5.73 Å². The molecule has 0 saturated carbocycles. The first-order valence-electron chi connectivity index (χ1n) is 4.92. The molecule has 0 spiro atoms. The van der Waals surface area contributed by atoms with E-state index in [-0.39, 0.29) is 0 Å². The number of aromatic nitrogens is 4. The molecule has 0 aliphatic carbocycles. The zero-order valence-corrected chi connectivity index (χ0v) is 8.57. The minimum atomic E-state index is 0.481. The van der Waals surface area contributed by atoms with E-state index in [1.165, 1.54) is 0 Å². The van der Waals surface area contributed by atoms with Gasteiger partial charge in [0, 0.05) is 18.2 Å². The first-order valence-corrected chi connectivity index (χ1v) is 4.92. The van der Waals surface area contributed by atoms with Gasteiger partial charge in [0.1, 0.15) is 11.6 Å². The molecule has 3 N–H and O–H groups in total. The Bertz CT molecular complexity index is 449. The van der Waals surface area contributed by atoms with Crippen molar-refractivity contribution in [3.05, 3.63) is 24.2 Å². The zero-order valence-electron chi connectivity index (χ0n) is 8.57. The van der Waals surface area contributed by atoms with E-state index < -0.39 is 0 Å². The van der Waals surface area contributed by atoms with Gasteiger partial charge in [-0.05, 0) is 18.6 Å². The molecule has 2 aromatic heterocycles. The number of nitrogens with zero attached hydrogens (tertiary/aromatic N) is 3. The van der Waals surface area contributed by atoms with Crippen molar-refractivity contribution in [1.29, 1.82) is 0 Å². The highest BCUT2D eigenvalue weighted by Gasteiger charge is 2.05. The first kappa shape index (κ1) is 9.64. The maximum Gasteiger partial charge on any atom is 0.181 e. The predicted octanol–water partition coefficient (Wildman–Crippen LogP) is 1.40. The molecule has 0 amide bonds. The fourth-order valence-electron chi connectivity index (χ4n) is 1.36. The van der Waals surface area contributed by atoms with Gasteiger partial charge in [-0.1, -0.05) is 6.92 Å². The summed E-state index contributed by atoms with van der Waals surface area (Å²) in [6.45, 7) is 2.10. The number of nitrogens with two attached hydrogens (primary N) is 1. The quantitative estimate of drug-likeness (QED) is 0.790. The summed E-state index contributed by atoms with van der Waals surface area (Å²) in [5.41, 5.74) is 6.47. The summed E-state index contributed by atoms with van der Waals surface area (Å²) in [5, 5.41) is 7.03. The van der Waals surface area contributed by atoms with Crippen LogP contribution in [0.1, 0.15) is 19.2 Å². The number of nitrogens with one attached hydrogen (secondary N) is 1. The summed E-state index contributed by atoms with van der Waals surface area (Å²) >= 11 is 0. The molecule has 0 aliphatic heterocycles. The average molecular weight is 203 g/mol. The van der Waals surface area contributed by atoms with Gasteiger partial charge in [-0.2, -0.15) is 5.10 Å². The van der Waals surface area contributed by atoms with Gasteiger partial charge in [-0.25, -0.2) is 9.97 Å². The lowest BCUT2D eigenvalue weighted by Crippen LogP contribution is -1.90. The smallest absolute Gasteiger partial charge is 0.181 e. The third-order valence-electron chi connectivity index (χ3n) is 2.06. The number of anilines is 1. The molecule has 78 valence electrons. The van der Waals surface area contributed by atoms with Crippen molar-refractivity contribution < 1.29 is 0 Å². The van der Waals surface area contributed by atoms with Crippen molar-refractivity contribution >= 4 is 5.82 Å². The molecule has 0 atom stereocenters. The Morgan fingerprint density at radius 3 is 3.07 bits per heavy atom. The molecule has 0 saturated heterocycles. The molecular formula is C10H13N5. The standard InChI is InChI=1S/C10H13N5/c1-2-3-9-13-10(15-14-9)7-4-5-12-8(11)6-7/h4-6H,2-3H2,1H3,(H2,11,12)(H,13,14,15). The summed E-state index contributed by atoms with van der Waals surface area (Å²) in [4.78, 5) is 8.28. The summed E-state index contributed by atoms with van der Waals surface area (Å²) in [6, 6.07) is 3.61. The highest BCUT2D eigenvalue weighted by atomic mass is 15.2. The zero-order chi connectivity index (χ0) is 10.7. The molecule has 0 bridgehead atoms. The Balaban J connectivity index is 2.29. The fourth-order valence-corrected chi connectivity index (χ4v) is 1.36. The second kappa shape index (κ2) is 4.08. The maximum absolute atomic E-state index is 5.58. The van der Waals surface area contributed by atoms with Crippen molar-refractivity contribution in [1.82, 2.24) is 20.2 Å². The van der Waals surface area contributed by atoms with E-state index in [9.17, 15) is 0 Å². The molecule has 0 radical (unpaired) electrons. The van der Waals surface area contributed by atoms with Crippen LogP contribution in [0.15, 0.2) is 18.3 Å². The number of hydrogen-bond donors (Lipinski definition) is 2. The predicted molar refractivity (Wildman–Crippen MR) is 58.0 cm³/mol. The van der Waals surface area contributed by atoms with Crippen LogP contribution in [0, 0.1) is 0 Å². The Morgan fingerprint density at radius 2 is 2.33 bits per heavy atom. The fraction of sp³-hybridized carbons (Fsp3) is 0.300. The van der Waals surface area contributed by atoms with E-state index >= 15 is 0 Å². The van der Waals surface area contributed by atoms with Gasteiger partial charge in [0.25, 0.3) is 0 Å². The van der Waals surface area contributed by atoms with Crippen LogP contribution in [0.25, 0.3) is 11.4 Å². The second-order valence-electron chi connectivity index (χ2n) is 3.33. The number of pyridine rings is 1. The number of aromatic amines is 1. The van der Waals surface area contributed by atoms with Crippen LogP contribution in [-0.2, 0) is 6.42 Å². The van der Waals surface area contributed by atoms with Gasteiger partial charge in [-0.15, -0.1) is 0 Å². The summed E-state index contributed by atoms with van der Waals surface area (Å²) < 4.78 is 0. The van der Waals surface area contributed by atoms with E-state index in [1.54, 1.807) is 12.3 Å². The van der Waals surface area contributed by atoms with Crippen LogP contribution in [-0.4, -0.2) is 20.2 Å². The van der Waals surface area contributed by atoms with Crippen molar-refractivity contribution in [2.24, 2.45) is 0 Å². The van der Waals surface area contributed by atoms with Crippen LogP contribution >= 0.6 is 0 Å². The van der Waals surface area contributed by atoms with Gasteiger partial charge >= 0.3 is 0 Å². The van der Waals surface area contributed by atoms with Crippen molar-refractivity contribution in [2.75, 3.05) is 5.73 Å². The third kappa shape index (κ3) is 2.12. The molecule has 2 heterocycles. The Labute approximate surface area is 87.8 Å². The van der Waals surface area contributed by atoms with Crippen molar-refractivity contribution in [3.8, 4) is 11.4 Å². The van der Waals surface area contributed by atoms with Gasteiger partial charge < -0.3 is 5.73 Å². The van der Waals surface area contributed by atoms with Crippen LogP contribution in [0.3, 0.4) is 0 Å². The minimum absolute atomic E-state index is 0.481. The average Bonchev–Trinajstić information content (AvgIpc) is 2.67. The lowest BCUT2D eigenvalue weighted by Gasteiger charge is -1.95. The maximum atomic E-state index is 5.58. The molecule has 0 aromatic carbocycles. The van der Waals surface area contributed by atoms with Gasteiger partial charge in [-0.3, -0.25) is 5.10 Å².